The summed E-state index contributed by atoms with van der Waals surface area (Å²) in [7, 11) is 0. The zero-order valence-electron chi connectivity index (χ0n) is 7.03. The molecule has 1 nitrogen and oxygen atoms in total. The Morgan fingerprint density at radius 1 is 1.33 bits per heavy atom. The SMILES string of the molecule is CC(C)(C)COC[CH2][Rb]. The number of hydrogen-bond donors (Lipinski definition) is 0. The van der Waals surface area contributed by atoms with Crippen molar-refractivity contribution in [3.05, 3.63) is 0 Å². The quantitative estimate of drug-likeness (QED) is 0.630. The number of ether oxygens (including phenoxy) is 1. The molecule has 0 heterocycles. The van der Waals surface area contributed by atoms with Gasteiger partial charge in [-0.3, -0.25) is 0 Å². The summed E-state index contributed by atoms with van der Waals surface area (Å²) in [4.78, 5) is 0. The second-order valence-corrected chi connectivity index (χ2v) is 6.07. The number of rotatable bonds is 3. The summed E-state index contributed by atoms with van der Waals surface area (Å²) >= 11 is 0.823. The molecule has 0 radical (unpaired) electrons. The van der Waals surface area contributed by atoms with E-state index < -0.39 is 0 Å². The summed E-state index contributed by atoms with van der Waals surface area (Å²) in [6.45, 7) is 8.50. The van der Waals surface area contributed by atoms with Gasteiger partial charge in [-0.2, -0.15) is 0 Å². The van der Waals surface area contributed by atoms with Crippen LogP contribution in [-0.4, -0.2) is 68.8 Å². The maximum atomic E-state index is 5.40. The molecule has 0 aliphatic rings. The molecular formula is C7H15ORb. The van der Waals surface area contributed by atoms with Crippen molar-refractivity contribution in [3.8, 4) is 0 Å². The van der Waals surface area contributed by atoms with Crippen molar-refractivity contribution in [2.45, 2.75) is 20.3 Å². The average molecular weight is 201 g/mol. The van der Waals surface area contributed by atoms with Gasteiger partial charge in [0.05, 0.1) is 0 Å². The fraction of sp³-hybridized carbons (Fsp3) is 1.00. The van der Waals surface area contributed by atoms with Crippen LogP contribution < -0.4 is 0 Å². The molecule has 0 aromatic carbocycles. The van der Waals surface area contributed by atoms with E-state index >= 15 is 0 Å². The fourth-order valence-corrected chi connectivity index (χ4v) is 1.23. The first-order valence-electron chi connectivity index (χ1n) is 3.64. The molecule has 0 aromatic rings. The van der Waals surface area contributed by atoms with Crippen molar-refractivity contribution in [2.24, 2.45) is 5.41 Å². The van der Waals surface area contributed by atoms with Crippen molar-refractivity contribution >= 4 is 55.5 Å². The molecule has 0 fully saturated rings. The van der Waals surface area contributed by atoms with Gasteiger partial charge in [0, 0.05) is 0 Å². The van der Waals surface area contributed by atoms with E-state index in [2.05, 4.69) is 20.8 Å². The molecule has 0 rings (SSSR count). The van der Waals surface area contributed by atoms with Gasteiger partial charge >= 0.3 is 99.2 Å². The predicted octanol–water partition coefficient (Wildman–Crippen LogP) is 1.64. The Balaban J connectivity index is 3.07. The van der Waals surface area contributed by atoms with E-state index in [1.54, 1.807) is 0 Å². The van der Waals surface area contributed by atoms with Crippen LogP contribution in [0.5, 0.6) is 0 Å². The monoisotopic (exact) mass is 200 g/mol. The molecule has 0 aromatic heterocycles. The van der Waals surface area contributed by atoms with Crippen molar-refractivity contribution in [1.29, 1.82) is 0 Å². The van der Waals surface area contributed by atoms with E-state index in [4.69, 9.17) is 4.74 Å². The van der Waals surface area contributed by atoms with E-state index in [0.717, 1.165) is 68.8 Å². The first kappa shape index (κ1) is 10.8. The molecule has 0 bridgehead atoms. The maximum absolute atomic E-state index is 5.40. The Kier molecular flexibility index (Phi) is 6.48. The molecular weight excluding hydrogens is 186 g/mol. The Hall–Kier alpha value is 1.77. The van der Waals surface area contributed by atoms with E-state index in [0.29, 0.717) is 5.41 Å². The first-order valence-corrected chi connectivity index (χ1v) is 7.11. The van der Waals surface area contributed by atoms with Crippen LogP contribution in [0.1, 0.15) is 20.8 Å². The molecule has 0 saturated heterocycles. The molecule has 0 atom stereocenters. The topological polar surface area (TPSA) is 9.23 Å². The Morgan fingerprint density at radius 3 is 2.22 bits per heavy atom. The van der Waals surface area contributed by atoms with E-state index in [1.165, 1.54) is -0.511 Å². The Labute approximate surface area is 97.3 Å². The second kappa shape index (κ2) is 5.42. The van der Waals surface area contributed by atoms with Gasteiger partial charge in [-0.05, 0) is 0 Å². The Morgan fingerprint density at radius 2 is 1.89 bits per heavy atom. The summed E-state index contributed by atoms with van der Waals surface area (Å²) in [6.07, 6.45) is 0. The van der Waals surface area contributed by atoms with Crippen molar-refractivity contribution in [2.75, 3.05) is 13.2 Å². The van der Waals surface area contributed by atoms with Gasteiger partial charge in [0.2, 0.25) is 0 Å². The zero-order chi connectivity index (χ0) is 7.33. The normalized spacial score (nSPS) is 12.1. The molecule has 2 heteroatoms. The minimum atomic E-state index is 0.352. The minimum absolute atomic E-state index is 0.352. The standard InChI is InChI=1S/C7H15O.Rb/c1-5-8-6-7(2,3)4;/h1,5-6H2,2-4H3;. The van der Waals surface area contributed by atoms with Gasteiger partial charge in [-0.15, -0.1) is 0 Å². The number of hydrogen-bond acceptors (Lipinski definition) is 1. The van der Waals surface area contributed by atoms with Gasteiger partial charge in [0.25, 0.3) is 0 Å². The molecule has 0 saturated carbocycles. The van der Waals surface area contributed by atoms with Crippen LogP contribution in [0.2, 0.25) is -0.511 Å². The van der Waals surface area contributed by atoms with Crippen molar-refractivity contribution < 1.29 is 4.74 Å². The van der Waals surface area contributed by atoms with E-state index in [9.17, 15) is 0 Å². The van der Waals surface area contributed by atoms with Crippen LogP contribution in [0.25, 0.3) is 0 Å². The van der Waals surface area contributed by atoms with Gasteiger partial charge in [-0.1, -0.05) is 0 Å². The van der Waals surface area contributed by atoms with Crippen LogP contribution >= 0.6 is 0 Å². The van der Waals surface area contributed by atoms with E-state index in [1.807, 2.05) is 0 Å². The molecule has 0 aliphatic heterocycles. The van der Waals surface area contributed by atoms with Gasteiger partial charge in [-0.25, -0.2) is 0 Å². The van der Waals surface area contributed by atoms with Gasteiger partial charge in [0.1, 0.15) is 0 Å². The van der Waals surface area contributed by atoms with Crippen LogP contribution in [0.3, 0.4) is 0 Å². The summed E-state index contributed by atoms with van der Waals surface area (Å²) in [5.41, 5.74) is 0.352. The molecule has 0 amide bonds. The molecule has 9 heavy (non-hydrogen) atoms. The molecule has 0 aliphatic carbocycles. The third kappa shape index (κ3) is 9.77. The summed E-state index contributed by atoms with van der Waals surface area (Å²) in [6, 6.07) is 0. The summed E-state index contributed by atoms with van der Waals surface area (Å²) in [5.74, 6) is 0. The molecule has 0 unspecified atom stereocenters. The first-order chi connectivity index (χ1) is 4.06. The van der Waals surface area contributed by atoms with Crippen LogP contribution in [0, 0.1) is 5.41 Å². The second-order valence-electron chi connectivity index (χ2n) is 3.61. The summed E-state index contributed by atoms with van der Waals surface area (Å²) < 4.78 is 6.73. The van der Waals surface area contributed by atoms with Crippen molar-refractivity contribution in [3.63, 3.8) is 0 Å². The predicted molar refractivity (Wildman–Crippen MR) is 40.8 cm³/mol. The third-order valence-corrected chi connectivity index (χ3v) is 1.89. The van der Waals surface area contributed by atoms with Crippen LogP contribution in [-0.2, 0) is 4.74 Å². The molecule has 0 N–H and O–H groups in total. The van der Waals surface area contributed by atoms with Crippen molar-refractivity contribution in [1.82, 2.24) is 0 Å². The van der Waals surface area contributed by atoms with Crippen LogP contribution in [0.4, 0.5) is 0 Å². The van der Waals surface area contributed by atoms with Gasteiger partial charge < -0.3 is 0 Å². The average Bonchev–Trinajstić information content (AvgIpc) is 1.63. The molecule has 0 spiro atoms. The van der Waals surface area contributed by atoms with E-state index in [-0.39, 0.29) is 0 Å². The fourth-order valence-electron chi connectivity index (χ4n) is 0.523. The van der Waals surface area contributed by atoms with Crippen LogP contribution in [0.15, 0.2) is 0 Å². The third-order valence-electron chi connectivity index (χ3n) is 0.884. The zero-order valence-corrected chi connectivity index (χ0v) is 11.9. The molecule has 50 valence electrons. The van der Waals surface area contributed by atoms with Gasteiger partial charge in [0.15, 0.2) is 0 Å². The Bertz CT molecular complexity index is 65.8. The summed E-state index contributed by atoms with van der Waals surface area (Å²) in [5, 5.41) is 0.